The van der Waals surface area contributed by atoms with Gasteiger partial charge in [-0.2, -0.15) is 0 Å². The van der Waals surface area contributed by atoms with Gasteiger partial charge in [-0.25, -0.2) is 4.39 Å². The van der Waals surface area contributed by atoms with E-state index in [-0.39, 0.29) is 17.7 Å². The Morgan fingerprint density at radius 2 is 1.80 bits per heavy atom. The van der Waals surface area contributed by atoms with Crippen LogP contribution in [0.5, 0.6) is 0 Å². The minimum Gasteiger partial charge on any atom is -0.481 e. The molecule has 1 aromatic rings. The van der Waals surface area contributed by atoms with Crippen molar-refractivity contribution in [2.75, 3.05) is 0 Å². The maximum absolute atomic E-state index is 13.2. The summed E-state index contributed by atoms with van der Waals surface area (Å²) in [4.78, 5) is 11.4. The zero-order chi connectivity index (χ0) is 14.3. The summed E-state index contributed by atoms with van der Waals surface area (Å²) in [5.74, 6) is -0.379. The molecular weight excluding hydrogens is 255 g/mol. The molecule has 2 aliphatic rings. The molecule has 0 aromatic heterocycles. The van der Waals surface area contributed by atoms with E-state index < -0.39 is 5.97 Å². The Labute approximate surface area is 118 Å². The van der Waals surface area contributed by atoms with E-state index in [1.54, 1.807) is 12.1 Å². The van der Waals surface area contributed by atoms with Crippen molar-refractivity contribution in [2.24, 2.45) is 11.8 Å². The van der Waals surface area contributed by atoms with Gasteiger partial charge in [-0.05, 0) is 55.2 Å². The van der Waals surface area contributed by atoms with Gasteiger partial charge in [-0.3, -0.25) is 4.79 Å². The van der Waals surface area contributed by atoms with Gasteiger partial charge in [0.15, 0.2) is 0 Å². The van der Waals surface area contributed by atoms with Crippen molar-refractivity contribution in [3.05, 3.63) is 47.8 Å². The smallest absolute Gasteiger partial charge is 0.304 e. The summed E-state index contributed by atoms with van der Waals surface area (Å²) >= 11 is 0. The van der Waals surface area contributed by atoms with Crippen LogP contribution in [0, 0.1) is 17.7 Å². The zero-order valence-electron chi connectivity index (χ0n) is 11.4. The molecule has 0 aliphatic heterocycles. The van der Waals surface area contributed by atoms with Crippen molar-refractivity contribution in [1.82, 2.24) is 0 Å². The van der Waals surface area contributed by atoms with Gasteiger partial charge in [0.2, 0.25) is 0 Å². The standard InChI is InChI=1S/C17H19FO2/c1-11-8-13-2-3-14(9-11)17(13,10-16(19)20)12-4-6-15(18)7-5-12/h4-7,13-14H,1-3,8-10H2,(H,19,20). The molecule has 1 N–H and O–H groups in total. The highest BCUT2D eigenvalue weighted by molar-refractivity contribution is 5.69. The normalized spacial score (nSPS) is 32.4. The first-order valence-electron chi connectivity index (χ1n) is 7.17. The lowest BCUT2D eigenvalue weighted by molar-refractivity contribution is -0.139. The molecule has 0 saturated heterocycles. The lowest BCUT2D eigenvalue weighted by Crippen LogP contribution is -2.42. The van der Waals surface area contributed by atoms with Crippen LogP contribution in [0.1, 0.15) is 37.7 Å². The maximum atomic E-state index is 13.2. The first-order chi connectivity index (χ1) is 9.52. The first-order valence-corrected chi connectivity index (χ1v) is 7.17. The van der Waals surface area contributed by atoms with Gasteiger partial charge in [0.1, 0.15) is 5.82 Å². The Kier molecular flexibility index (Phi) is 3.15. The monoisotopic (exact) mass is 274 g/mol. The molecule has 2 aliphatic carbocycles. The SMILES string of the molecule is C=C1CC2CCC(C1)C2(CC(=O)O)c1ccc(F)cc1. The number of benzene rings is 1. The molecule has 3 rings (SSSR count). The second-order valence-electron chi connectivity index (χ2n) is 6.25. The van der Waals surface area contributed by atoms with Gasteiger partial charge in [-0.1, -0.05) is 24.3 Å². The number of fused-ring (bicyclic) bond motifs is 2. The quantitative estimate of drug-likeness (QED) is 0.848. The molecule has 0 spiro atoms. The van der Waals surface area contributed by atoms with Crippen molar-refractivity contribution in [3.63, 3.8) is 0 Å². The molecule has 0 radical (unpaired) electrons. The summed E-state index contributed by atoms with van der Waals surface area (Å²) in [5, 5.41) is 9.38. The molecule has 2 saturated carbocycles. The van der Waals surface area contributed by atoms with Crippen LogP contribution < -0.4 is 0 Å². The molecule has 2 atom stereocenters. The van der Waals surface area contributed by atoms with Crippen molar-refractivity contribution >= 4 is 5.97 Å². The molecule has 2 nitrogen and oxygen atoms in total. The summed E-state index contributed by atoms with van der Waals surface area (Å²) in [7, 11) is 0. The van der Waals surface area contributed by atoms with Gasteiger partial charge in [0, 0.05) is 5.41 Å². The van der Waals surface area contributed by atoms with E-state index in [4.69, 9.17) is 0 Å². The number of hydrogen-bond donors (Lipinski definition) is 1. The van der Waals surface area contributed by atoms with E-state index in [0.717, 1.165) is 31.2 Å². The number of rotatable bonds is 3. The number of allylic oxidation sites excluding steroid dienone is 1. The topological polar surface area (TPSA) is 37.3 Å². The molecular formula is C17H19FO2. The lowest BCUT2D eigenvalue weighted by atomic mass is 9.59. The van der Waals surface area contributed by atoms with Crippen molar-refractivity contribution in [2.45, 2.75) is 37.5 Å². The summed E-state index contributed by atoms with van der Waals surface area (Å²) in [5.41, 5.74) is 1.89. The van der Waals surface area contributed by atoms with Gasteiger partial charge >= 0.3 is 5.97 Å². The largest absolute Gasteiger partial charge is 0.481 e. The Balaban J connectivity index is 2.08. The van der Waals surface area contributed by atoms with Crippen LogP contribution in [0.4, 0.5) is 4.39 Å². The summed E-state index contributed by atoms with van der Waals surface area (Å²) < 4.78 is 13.2. The first kappa shape index (κ1) is 13.3. The molecule has 2 bridgehead atoms. The Morgan fingerprint density at radius 3 is 2.30 bits per heavy atom. The third kappa shape index (κ3) is 1.96. The minimum absolute atomic E-state index is 0.140. The van der Waals surface area contributed by atoms with E-state index in [9.17, 15) is 14.3 Å². The van der Waals surface area contributed by atoms with E-state index in [1.165, 1.54) is 17.7 Å². The van der Waals surface area contributed by atoms with E-state index in [1.807, 2.05) is 0 Å². The summed E-state index contributed by atoms with van der Waals surface area (Å²) in [6.45, 7) is 4.10. The average molecular weight is 274 g/mol. The molecule has 20 heavy (non-hydrogen) atoms. The van der Waals surface area contributed by atoms with Crippen molar-refractivity contribution in [3.8, 4) is 0 Å². The molecule has 106 valence electrons. The molecule has 2 unspecified atom stereocenters. The Hall–Kier alpha value is -1.64. The van der Waals surface area contributed by atoms with Gasteiger partial charge in [0.25, 0.3) is 0 Å². The second kappa shape index (κ2) is 4.72. The van der Waals surface area contributed by atoms with Crippen LogP contribution in [0.3, 0.4) is 0 Å². The van der Waals surface area contributed by atoms with Crippen LogP contribution in [0.15, 0.2) is 36.4 Å². The van der Waals surface area contributed by atoms with Crippen molar-refractivity contribution < 1.29 is 14.3 Å². The highest BCUT2D eigenvalue weighted by Gasteiger charge is 2.54. The summed E-state index contributed by atoms with van der Waals surface area (Å²) in [6, 6.07) is 6.44. The fourth-order valence-corrected chi connectivity index (χ4v) is 4.47. The van der Waals surface area contributed by atoms with Crippen LogP contribution in [-0.2, 0) is 10.2 Å². The van der Waals surface area contributed by atoms with E-state index in [0.29, 0.717) is 11.8 Å². The average Bonchev–Trinajstić information content (AvgIpc) is 2.58. The number of carboxylic acid groups (broad SMARTS) is 1. The predicted octanol–water partition coefficient (Wildman–Crippen LogP) is 3.91. The third-order valence-electron chi connectivity index (χ3n) is 5.22. The third-order valence-corrected chi connectivity index (χ3v) is 5.22. The molecule has 0 amide bonds. The molecule has 1 aromatic carbocycles. The Bertz CT molecular complexity index is 531. The number of carboxylic acids is 1. The van der Waals surface area contributed by atoms with Gasteiger partial charge in [-0.15, -0.1) is 0 Å². The molecule has 0 heterocycles. The fraction of sp³-hybridized carbons (Fsp3) is 0.471. The minimum atomic E-state index is -0.765. The number of halogens is 1. The second-order valence-corrected chi connectivity index (χ2v) is 6.25. The van der Waals surface area contributed by atoms with Crippen molar-refractivity contribution in [1.29, 1.82) is 0 Å². The van der Waals surface area contributed by atoms with Crippen LogP contribution in [-0.4, -0.2) is 11.1 Å². The van der Waals surface area contributed by atoms with Gasteiger partial charge < -0.3 is 5.11 Å². The molecule has 3 heteroatoms. The van der Waals surface area contributed by atoms with E-state index >= 15 is 0 Å². The van der Waals surface area contributed by atoms with E-state index in [2.05, 4.69) is 6.58 Å². The maximum Gasteiger partial charge on any atom is 0.304 e. The highest BCUT2D eigenvalue weighted by atomic mass is 19.1. The fourth-order valence-electron chi connectivity index (χ4n) is 4.47. The van der Waals surface area contributed by atoms with Crippen LogP contribution in [0.2, 0.25) is 0 Å². The highest BCUT2D eigenvalue weighted by Crippen LogP contribution is 2.59. The summed E-state index contributed by atoms with van der Waals surface area (Å²) in [6.07, 6.45) is 4.05. The number of carbonyl (C=O) groups is 1. The number of aliphatic carboxylic acids is 1. The lowest BCUT2D eigenvalue weighted by Gasteiger charge is -2.44. The molecule has 2 fully saturated rings. The zero-order valence-corrected chi connectivity index (χ0v) is 11.4. The predicted molar refractivity (Wildman–Crippen MR) is 74.9 cm³/mol. The van der Waals surface area contributed by atoms with Crippen LogP contribution in [0.25, 0.3) is 0 Å². The van der Waals surface area contributed by atoms with Gasteiger partial charge in [0.05, 0.1) is 6.42 Å². The van der Waals surface area contributed by atoms with Crippen LogP contribution >= 0.6 is 0 Å². The Morgan fingerprint density at radius 1 is 1.25 bits per heavy atom. The number of hydrogen-bond acceptors (Lipinski definition) is 1.